The van der Waals surface area contributed by atoms with Gasteiger partial charge in [0.1, 0.15) is 6.26 Å². The smallest absolute Gasteiger partial charge is 0.273 e. The summed E-state index contributed by atoms with van der Waals surface area (Å²) < 4.78 is 16.2. The van der Waals surface area contributed by atoms with Crippen molar-refractivity contribution in [2.45, 2.75) is 45.4 Å². The second kappa shape index (κ2) is 10.8. The predicted molar refractivity (Wildman–Crippen MR) is 117 cm³/mol. The molecule has 0 bridgehead atoms. The van der Waals surface area contributed by atoms with Crippen LogP contribution in [0.4, 0.5) is 0 Å². The number of benzene rings is 1. The molecule has 0 unspecified atom stereocenters. The zero-order chi connectivity index (χ0) is 22.3. The quantitative estimate of drug-likeness (QED) is 0.574. The average molecular weight is 445 g/mol. The number of piperazine rings is 1. The summed E-state index contributed by atoms with van der Waals surface area (Å²) in [6, 6.07) is 5.59. The topological polar surface area (TPSA) is 100 Å². The highest BCUT2D eigenvalue weighted by Gasteiger charge is 2.21. The molecule has 32 heavy (non-hydrogen) atoms. The monoisotopic (exact) mass is 444 g/mol. The maximum Gasteiger partial charge on any atom is 0.273 e. The van der Waals surface area contributed by atoms with Crippen LogP contribution in [0.5, 0.6) is 11.5 Å². The van der Waals surface area contributed by atoms with Crippen molar-refractivity contribution in [2.75, 3.05) is 39.5 Å². The van der Waals surface area contributed by atoms with E-state index in [-0.39, 0.29) is 24.5 Å². The minimum Gasteiger partial charge on any atom is -0.454 e. The normalized spacial score (nSPS) is 17.4. The van der Waals surface area contributed by atoms with E-state index >= 15 is 0 Å². The third-order valence-electron chi connectivity index (χ3n) is 5.86. The molecule has 9 nitrogen and oxygen atoms in total. The summed E-state index contributed by atoms with van der Waals surface area (Å²) in [5.41, 5.74) is 1.20. The molecule has 2 aliphatic heterocycles. The van der Waals surface area contributed by atoms with E-state index in [1.807, 2.05) is 18.2 Å². The van der Waals surface area contributed by atoms with Crippen LogP contribution in [-0.2, 0) is 13.1 Å². The molecule has 0 spiro atoms. The number of fused-ring (bicyclic) bond motifs is 1. The lowest BCUT2D eigenvalue weighted by molar-refractivity contribution is 0.0627. The van der Waals surface area contributed by atoms with Gasteiger partial charge in [-0.05, 0) is 24.1 Å². The summed E-state index contributed by atoms with van der Waals surface area (Å²) in [6.07, 6.45) is 4.21. The Morgan fingerprint density at radius 1 is 1.19 bits per heavy atom. The number of aromatic nitrogens is 1. The summed E-state index contributed by atoms with van der Waals surface area (Å²) in [5, 5.41) is 13.0. The van der Waals surface area contributed by atoms with Crippen molar-refractivity contribution in [3.63, 3.8) is 0 Å². The predicted octanol–water partition coefficient (Wildman–Crippen LogP) is 2.00. The number of carbonyl (C=O) groups is 1. The van der Waals surface area contributed by atoms with Crippen molar-refractivity contribution >= 4 is 5.91 Å². The first-order valence-corrected chi connectivity index (χ1v) is 11.3. The van der Waals surface area contributed by atoms with Crippen LogP contribution in [0.25, 0.3) is 0 Å². The van der Waals surface area contributed by atoms with Crippen LogP contribution in [0.3, 0.4) is 0 Å². The molecule has 3 heterocycles. The molecule has 0 radical (unpaired) electrons. The number of nitrogens with zero attached hydrogens (tertiary/aromatic N) is 3. The van der Waals surface area contributed by atoms with Gasteiger partial charge in [0.2, 0.25) is 12.7 Å². The molecule has 0 saturated carbocycles. The summed E-state index contributed by atoms with van der Waals surface area (Å²) in [6.45, 7) is 7.62. The number of rotatable bonds is 10. The van der Waals surface area contributed by atoms with Crippen molar-refractivity contribution in [2.24, 2.45) is 0 Å². The second-order valence-corrected chi connectivity index (χ2v) is 8.37. The Kier molecular flexibility index (Phi) is 7.62. The molecule has 1 fully saturated rings. The lowest BCUT2D eigenvalue weighted by atomic mass is 10.1. The van der Waals surface area contributed by atoms with Crippen LogP contribution >= 0.6 is 0 Å². The molecule has 1 atom stereocenters. The number of aliphatic hydroxyl groups is 1. The summed E-state index contributed by atoms with van der Waals surface area (Å²) in [7, 11) is 0. The number of carbonyl (C=O) groups excluding carboxylic acids is 1. The van der Waals surface area contributed by atoms with E-state index < -0.39 is 0 Å². The first-order chi connectivity index (χ1) is 15.6. The van der Waals surface area contributed by atoms with E-state index in [1.165, 1.54) is 6.26 Å². The van der Waals surface area contributed by atoms with Crippen LogP contribution in [0.2, 0.25) is 0 Å². The largest absolute Gasteiger partial charge is 0.454 e. The maximum atomic E-state index is 12.4. The molecule has 1 saturated heterocycles. The van der Waals surface area contributed by atoms with Gasteiger partial charge in [-0.15, -0.1) is 0 Å². The first kappa shape index (κ1) is 22.6. The molecule has 2 N–H and O–H groups in total. The van der Waals surface area contributed by atoms with E-state index in [1.54, 1.807) is 0 Å². The van der Waals surface area contributed by atoms with Crippen LogP contribution < -0.4 is 14.8 Å². The standard InChI is InChI=1S/C23H32N4O5/c1-2-3-4-18(28)13-26-7-9-27(10-8-26)14-22-25-19(15-30-22)23(29)24-12-17-5-6-20-21(11-17)32-16-31-20/h5-6,11,15,18,28H,2-4,7-10,12-14,16H2,1H3,(H,24,29)/t18-/m0/s1. The van der Waals surface area contributed by atoms with Gasteiger partial charge < -0.3 is 24.3 Å². The number of oxazole rings is 1. The van der Waals surface area contributed by atoms with Gasteiger partial charge in [0.25, 0.3) is 5.91 Å². The number of amides is 1. The van der Waals surface area contributed by atoms with Gasteiger partial charge in [-0.1, -0.05) is 25.8 Å². The Morgan fingerprint density at radius 3 is 2.78 bits per heavy atom. The Bertz CT molecular complexity index is 894. The molecule has 2 aromatic rings. The van der Waals surface area contributed by atoms with E-state index in [9.17, 15) is 9.90 Å². The molecule has 1 aromatic heterocycles. The van der Waals surface area contributed by atoms with Gasteiger partial charge in [0.15, 0.2) is 17.2 Å². The zero-order valence-corrected chi connectivity index (χ0v) is 18.6. The Hall–Kier alpha value is -2.62. The number of unbranched alkanes of at least 4 members (excludes halogenated alkanes) is 1. The van der Waals surface area contributed by atoms with E-state index in [2.05, 4.69) is 27.0 Å². The number of hydrogen-bond acceptors (Lipinski definition) is 8. The molecule has 1 amide bonds. The van der Waals surface area contributed by atoms with E-state index in [0.29, 0.717) is 24.7 Å². The minimum absolute atomic E-state index is 0.225. The Labute approximate surface area is 188 Å². The molecule has 174 valence electrons. The van der Waals surface area contributed by atoms with Crippen molar-refractivity contribution in [1.29, 1.82) is 0 Å². The molecule has 1 aromatic carbocycles. The van der Waals surface area contributed by atoms with Gasteiger partial charge in [-0.3, -0.25) is 14.6 Å². The van der Waals surface area contributed by atoms with E-state index in [0.717, 1.165) is 63.3 Å². The molecule has 2 aliphatic rings. The van der Waals surface area contributed by atoms with Crippen molar-refractivity contribution < 1.29 is 23.8 Å². The van der Waals surface area contributed by atoms with Gasteiger partial charge in [0, 0.05) is 39.3 Å². The lowest BCUT2D eigenvalue weighted by Crippen LogP contribution is -2.48. The summed E-state index contributed by atoms with van der Waals surface area (Å²) in [5.74, 6) is 1.67. The van der Waals surface area contributed by atoms with Crippen molar-refractivity contribution in [3.8, 4) is 11.5 Å². The fourth-order valence-electron chi connectivity index (χ4n) is 3.96. The molecule has 0 aliphatic carbocycles. The number of nitrogens with one attached hydrogen (secondary N) is 1. The van der Waals surface area contributed by atoms with Crippen LogP contribution in [0, 0.1) is 0 Å². The summed E-state index contributed by atoms with van der Waals surface area (Å²) in [4.78, 5) is 21.4. The van der Waals surface area contributed by atoms with Gasteiger partial charge in [-0.25, -0.2) is 4.98 Å². The van der Waals surface area contributed by atoms with Crippen LogP contribution in [0.1, 0.15) is 48.1 Å². The van der Waals surface area contributed by atoms with Crippen LogP contribution in [0.15, 0.2) is 28.9 Å². The van der Waals surface area contributed by atoms with Crippen molar-refractivity contribution in [3.05, 3.63) is 41.6 Å². The molecular formula is C23H32N4O5. The average Bonchev–Trinajstić information content (AvgIpc) is 3.46. The second-order valence-electron chi connectivity index (χ2n) is 8.37. The molecule has 4 rings (SSSR count). The first-order valence-electron chi connectivity index (χ1n) is 11.3. The number of ether oxygens (including phenoxy) is 2. The third-order valence-corrected chi connectivity index (χ3v) is 5.86. The number of hydrogen-bond donors (Lipinski definition) is 2. The number of β-amino-alcohol motifs (C(OH)–C–C–N with tert-alkyl or cyclic N) is 1. The molecular weight excluding hydrogens is 412 g/mol. The van der Waals surface area contributed by atoms with Gasteiger partial charge in [0.05, 0.1) is 12.6 Å². The highest BCUT2D eigenvalue weighted by molar-refractivity contribution is 5.91. The summed E-state index contributed by atoms with van der Waals surface area (Å²) >= 11 is 0. The zero-order valence-electron chi connectivity index (χ0n) is 18.6. The maximum absolute atomic E-state index is 12.4. The Balaban J connectivity index is 1.20. The molecule has 9 heteroatoms. The third kappa shape index (κ3) is 5.99. The Morgan fingerprint density at radius 2 is 1.97 bits per heavy atom. The fourth-order valence-corrected chi connectivity index (χ4v) is 3.96. The van der Waals surface area contributed by atoms with Gasteiger partial charge >= 0.3 is 0 Å². The van der Waals surface area contributed by atoms with E-state index in [4.69, 9.17) is 13.9 Å². The SMILES string of the molecule is CCCC[C@H](O)CN1CCN(Cc2nc(C(=O)NCc3ccc4c(c3)OCO4)co2)CC1. The fraction of sp³-hybridized carbons (Fsp3) is 0.565. The van der Waals surface area contributed by atoms with Gasteiger partial charge in [-0.2, -0.15) is 0 Å². The number of aliphatic hydroxyl groups excluding tert-OH is 1. The lowest BCUT2D eigenvalue weighted by Gasteiger charge is -2.35. The van der Waals surface area contributed by atoms with Crippen molar-refractivity contribution in [1.82, 2.24) is 20.1 Å². The minimum atomic E-state index is -0.274. The highest BCUT2D eigenvalue weighted by Crippen LogP contribution is 2.32. The van der Waals surface area contributed by atoms with Crippen LogP contribution in [-0.4, -0.2) is 71.4 Å². The highest BCUT2D eigenvalue weighted by atomic mass is 16.7.